The number of ether oxygens (including phenoxy) is 1. The van der Waals surface area contributed by atoms with Crippen molar-refractivity contribution in [2.75, 3.05) is 19.6 Å². The molecule has 2 aliphatic carbocycles. The predicted molar refractivity (Wildman–Crippen MR) is 133 cm³/mol. The highest BCUT2D eigenvalue weighted by molar-refractivity contribution is 5.69. The summed E-state index contributed by atoms with van der Waals surface area (Å²) in [5.74, 6) is 1.39. The zero-order valence-corrected chi connectivity index (χ0v) is 20.4. The molecule has 3 heterocycles. The second kappa shape index (κ2) is 8.30. The van der Waals surface area contributed by atoms with Crippen LogP contribution in [-0.4, -0.2) is 52.8 Å². The van der Waals surface area contributed by atoms with Gasteiger partial charge >= 0.3 is 6.09 Å². The van der Waals surface area contributed by atoms with Gasteiger partial charge in [-0.2, -0.15) is 0 Å². The van der Waals surface area contributed by atoms with Crippen LogP contribution in [0.3, 0.4) is 0 Å². The van der Waals surface area contributed by atoms with Gasteiger partial charge in [0.1, 0.15) is 5.75 Å². The Morgan fingerprint density at radius 3 is 2.50 bits per heavy atom. The average molecular weight is 461 g/mol. The predicted octanol–water partition coefficient (Wildman–Crippen LogP) is 5.98. The molecular weight excluding hydrogens is 424 g/mol. The van der Waals surface area contributed by atoms with E-state index in [1.54, 1.807) is 0 Å². The van der Waals surface area contributed by atoms with Crippen molar-refractivity contribution in [3.63, 3.8) is 0 Å². The summed E-state index contributed by atoms with van der Waals surface area (Å²) >= 11 is 0. The van der Waals surface area contributed by atoms with Crippen molar-refractivity contribution in [3.05, 3.63) is 53.6 Å². The summed E-state index contributed by atoms with van der Waals surface area (Å²) in [5.41, 5.74) is 5.05. The molecule has 1 saturated carbocycles. The first kappa shape index (κ1) is 22.0. The van der Waals surface area contributed by atoms with Gasteiger partial charge in [-0.15, -0.1) is 0 Å². The minimum atomic E-state index is -0.731. The molecule has 1 N–H and O–H groups in total. The third-order valence-electron chi connectivity index (χ3n) is 8.82. The van der Waals surface area contributed by atoms with E-state index in [1.165, 1.54) is 16.7 Å². The van der Waals surface area contributed by atoms with Gasteiger partial charge < -0.3 is 14.7 Å². The van der Waals surface area contributed by atoms with Crippen LogP contribution in [0, 0.1) is 11.3 Å². The van der Waals surface area contributed by atoms with Gasteiger partial charge in [-0.1, -0.05) is 30.3 Å². The minimum absolute atomic E-state index is 0.0102. The number of hydrogen-bond donors (Lipinski definition) is 1. The van der Waals surface area contributed by atoms with Crippen LogP contribution in [0.25, 0.3) is 11.1 Å². The van der Waals surface area contributed by atoms with E-state index in [0.29, 0.717) is 5.92 Å². The smallest absolute Gasteiger partial charge is 0.408 e. The van der Waals surface area contributed by atoms with Crippen molar-refractivity contribution in [1.29, 1.82) is 0 Å². The lowest BCUT2D eigenvalue weighted by molar-refractivity contribution is -0.0243. The molecule has 2 aromatic rings. The van der Waals surface area contributed by atoms with Crippen LogP contribution in [0.15, 0.2) is 42.5 Å². The van der Waals surface area contributed by atoms with Crippen molar-refractivity contribution in [1.82, 2.24) is 9.80 Å². The lowest BCUT2D eigenvalue weighted by Crippen LogP contribution is -2.60. The zero-order chi connectivity index (χ0) is 23.4. The standard InChI is InChI=1S/C29H36N2O3/c1-19(2)34-24-5-3-4-21(17-24)22-6-7-25-23(16-22)8-11-29(12-13-29)27(25)31(28(32)33)26-18-30-14-9-20(26)10-15-30/h3-7,16-17,19-20,26-27H,8-15,18H2,1-2H3,(H,32,33)/t26?,27-/m1/s1. The third-order valence-corrected chi connectivity index (χ3v) is 8.82. The van der Waals surface area contributed by atoms with E-state index in [-0.39, 0.29) is 23.6 Å². The Bertz CT molecular complexity index is 1080. The maximum absolute atomic E-state index is 12.8. The number of carboxylic acid groups (broad SMARTS) is 1. The highest BCUT2D eigenvalue weighted by Gasteiger charge is 2.57. The molecule has 1 unspecified atom stereocenters. The van der Waals surface area contributed by atoms with Crippen LogP contribution in [0.1, 0.15) is 63.1 Å². The van der Waals surface area contributed by atoms with Gasteiger partial charge in [-0.05, 0) is 111 Å². The number of hydrogen-bond acceptors (Lipinski definition) is 3. The molecule has 34 heavy (non-hydrogen) atoms. The highest BCUT2D eigenvalue weighted by Crippen LogP contribution is 2.63. The van der Waals surface area contributed by atoms with Crippen molar-refractivity contribution in [3.8, 4) is 16.9 Å². The molecule has 3 saturated heterocycles. The second-order valence-electron chi connectivity index (χ2n) is 11.3. The van der Waals surface area contributed by atoms with Crippen LogP contribution >= 0.6 is 0 Å². The normalized spacial score (nSPS) is 28.6. The van der Waals surface area contributed by atoms with E-state index in [2.05, 4.69) is 35.2 Å². The monoisotopic (exact) mass is 460 g/mol. The van der Waals surface area contributed by atoms with Crippen molar-refractivity contribution in [2.45, 2.75) is 70.6 Å². The van der Waals surface area contributed by atoms with E-state index in [0.717, 1.165) is 69.5 Å². The van der Waals surface area contributed by atoms with Gasteiger partial charge in [0.25, 0.3) is 0 Å². The van der Waals surface area contributed by atoms with Gasteiger partial charge in [-0.3, -0.25) is 4.90 Å². The van der Waals surface area contributed by atoms with Gasteiger partial charge in [0, 0.05) is 6.54 Å². The highest BCUT2D eigenvalue weighted by atomic mass is 16.5. The first-order valence-electron chi connectivity index (χ1n) is 13.1. The molecule has 5 heteroatoms. The van der Waals surface area contributed by atoms with Gasteiger partial charge in [0.05, 0.1) is 18.2 Å². The van der Waals surface area contributed by atoms with E-state index in [9.17, 15) is 9.90 Å². The van der Waals surface area contributed by atoms with Gasteiger partial charge in [0.2, 0.25) is 0 Å². The minimum Gasteiger partial charge on any atom is -0.491 e. The molecule has 2 atom stereocenters. The zero-order valence-electron chi connectivity index (χ0n) is 20.4. The number of aryl methyl sites for hydroxylation is 1. The number of nitrogens with zero attached hydrogens (tertiary/aromatic N) is 2. The van der Waals surface area contributed by atoms with Crippen LogP contribution in [0.4, 0.5) is 4.79 Å². The number of amides is 1. The van der Waals surface area contributed by atoms with Crippen LogP contribution in [-0.2, 0) is 6.42 Å². The molecule has 0 radical (unpaired) electrons. The molecule has 7 rings (SSSR count). The Kier molecular flexibility index (Phi) is 5.36. The molecule has 4 fully saturated rings. The summed E-state index contributed by atoms with van der Waals surface area (Å²) in [6, 6.07) is 15.2. The molecule has 1 amide bonds. The first-order chi connectivity index (χ1) is 16.4. The number of benzene rings is 2. The molecule has 3 aliphatic heterocycles. The Labute approximate surface area is 202 Å². The van der Waals surface area contributed by atoms with E-state index in [1.807, 2.05) is 30.9 Å². The molecule has 5 nitrogen and oxygen atoms in total. The van der Waals surface area contributed by atoms with E-state index in [4.69, 9.17) is 4.74 Å². The summed E-state index contributed by atoms with van der Waals surface area (Å²) in [7, 11) is 0. The summed E-state index contributed by atoms with van der Waals surface area (Å²) in [6.07, 6.45) is 6.11. The van der Waals surface area contributed by atoms with E-state index < -0.39 is 6.09 Å². The van der Waals surface area contributed by atoms with Crippen molar-refractivity contribution in [2.24, 2.45) is 11.3 Å². The molecular formula is C29H36N2O3. The molecule has 180 valence electrons. The van der Waals surface area contributed by atoms with Crippen molar-refractivity contribution < 1.29 is 14.6 Å². The quantitative estimate of drug-likeness (QED) is 0.596. The van der Waals surface area contributed by atoms with E-state index >= 15 is 0 Å². The largest absolute Gasteiger partial charge is 0.491 e. The SMILES string of the molecule is CC(C)Oc1cccc(-c2ccc3c(c2)CCC2(CC2)[C@@H]3N(C(=O)O)C2CN3CCC2CC3)c1. The fraction of sp³-hybridized carbons (Fsp3) is 0.552. The number of fused-ring (bicyclic) bond motifs is 4. The summed E-state index contributed by atoms with van der Waals surface area (Å²) in [6.45, 7) is 7.25. The maximum Gasteiger partial charge on any atom is 0.408 e. The molecule has 2 aromatic carbocycles. The number of piperidine rings is 3. The van der Waals surface area contributed by atoms with Crippen LogP contribution < -0.4 is 4.74 Å². The van der Waals surface area contributed by atoms with Crippen LogP contribution in [0.5, 0.6) is 5.75 Å². The lowest BCUT2D eigenvalue weighted by atomic mass is 9.73. The molecule has 5 aliphatic rings. The number of carbonyl (C=O) groups is 1. The molecule has 2 bridgehead atoms. The lowest BCUT2D eigenvalue weighted by Gasteiger charge is -2.52. The van der Waals surface area contributed by atoms with Crippen LogP contribution in [0.2, 0.25) is 0 Å². The second-order valence-corrected chi connectivity index (χ2v) is 11.3. The molecule has 0 aromatic heterocycles. The Morgan fingerprint density at radius 1 is 1.09 bits per heavy atom. The summed E-state index contributed by atoms with van der Waals surface area (Å²) in [5, 5.41) is 10.5. The fourth-order valence-corrected chi connectivity index (χ4v) is 6.96. The average Bonchev–Trinajstić information content (AvgIpc) is 3.61. The summed E-state index contributed by atoms with van der Waals surface area (Å²) in [4.78, 5) is 17.2. The number of rotatable bonds is 5. The maximum atomic E-state index is 12.8. The Hall–Kier alpha value is -2.53. The van der Waals surface area contributed by atoms with Crippen molar-refractivity contribution >= 4 is 6.09 Å². The fourth-order valence-electron chi connectivity index (χ4n) is 6.96. The first-order valence-corrected chi connectivity index (χ1v) is 13.1. The Morgan fingerprint density at radius 2 is 1.85 bits per heavy atom. The van der Waals surface area contributed by atoms with Gasteiger partial charge in [-0.25, -0.2) is 4.79 Å². The Balaban J connectivity index is 1.36. The topological polar surface area (TPSA) is 53.0 Å². The molecule has 1 spiro atoms. The van der Waals surface area contributed by atoms with Gasteiger partial charge in [0.15, 0.2) is 0 Å². The summed E-state index contributed by atoms with van der Waals surface area (Å²) < 4.78 is 5.91. The third kappa shape index (κ3) is 3.78.